The molecule has 0 atom stereocenters. The lowest BCUT2D eigenvalue weighted by Crippen LogP contribution is -2.86. The lowest BCUT2D eigenvalue weighted by atomic mass is 9.36. The summed E-state index contributed by atoms with van der Waals surface area (Å²) >= 11 is 0. The number of rotatable bonds is 1. The summed E-state index contributed by atoms with van der Waals surface area (Å²) in [5.41, 5.74) is 8.64. The highest BCUT2D eigenvalue weighted by Gasteiger charge is 2.49. The van der Waals surface area contributed by atoms with Crippen molar-refractivity contribution < 1.29 is 0 Å². The van der Waals surface area contributed by atoms with E-state index in [4.69, 9.17) is 0 Å². The Kier molecular flexibility index (Phi) is 4.42. The van der Waals surface area contributed by atoms with Crippen LogP contribution in [0.1, 0.15) is 0 Å². The number of para-hydroxylation sites is 2. The van der Waals surface area contributed by atoms with Crippen molar-refractivity contribution >= 4 is 81.8 Å². The van der Waals surface area contributed by atoms with Crippen molar-refractivity contribution in [2.75, 3.05) is 0 Å². The van der Waals surface area contributed by atoms with Gasteiger partial charge in [-0.3, -0.25) is 0 Å². The van der Waals surface area contributed by atoms with Gasteiger partial charge in [0.2, 0.25) is 6.71 Å². The van der Waals surface area contributed by atoms with Crippen molar-refractivity contribution in [2.45, 2.75) is 26.2 Å². The minimum absolute atomic E-state index is 0.334. The number of hydrogen-bond acceptors (Lipinski definition) is 0. The minimum Gasteiger partial charge on any atom is -0.309 e. The molecule has 0 amide bonds. The third-order valence-electron chi connectivity index (χ3n) is 9.53. The molecule has 6 aromatic rings. The van der Waals surface area contributed by atoms with E-state index in [9.17, 15) is 0 Å². The van der Waals surface area contributed by atoms with E-state index >= 15 is 0 Å². The standard InChI is InChI=1S/C34H30BNSi2/c1-37(2)30-19-11-7-15-26(30)35-27-16-8-12-20-31(27)38(3,4)33-22-23(21-32(37)34(33)35)36-28-17-9-5-13-24(28)25-14-6-10-18-29(25)36/h5-22H,1-4H3. The topological polar surface area (TPSA) is 4.93 Å². The van der Waals surface area contributed by atoms with Gasteiger partial charge in [0.25, 0.3) is 0 Å². The van der Waals surface area contributed by atoms with Crippen LogP contribution in [0.5, 0.6) is 0 Å². The first-order valence-corrected chi connectivity index (χ1v) is 19.8. The molecule has 0 saturated heterocycles. The quantitative estimate of drug-likeness (QED) is 0.293. The molecule has 0 fully saturated rings. The number of nitrogens with zero attached hydrogens (tertiary/aromatic N) is 1. The Morgan fingerprint density at radius 3 is 1.42 bits per heavy atom. The molecule has 0 spiro atoms. The maximum absolute atomic E-state index is 2.59. The van der Waals surface area contributed by atoms with Crippen molar-refractivity contribution in [3.8, 4) is 5.69 Å². The molecule has 4 heteroatoms. The average Bonchev–Trinajstić information content (AvgIpc) is 3.27. The van der Waals surface area contributed by atoms with E-state index in [0.29, 0.717) is 6.71 Å². The summed E-state index contributed by atoms with van der Waals surface area (Å²) < 4.78 is 2.53. The van der Waals surface area contributed by atoms with E-state index in [0.717, 1.165) is 0 Å². The van der Waals surface area contributed by atoms with Crippen molar-refractivity contribution in [2.24, 2.45) is 0 Å². The minimum atomic E-state index is -1.94. The van der Waals surface area contributed by atoms with E-state index in [-0.39, 0.29) is 0 Å². The number of hydrogen-bond donors (Lipinski definition) is 0. The molecule has 3 heterocycles. The molecule has 0 bridgehead atoms. The molecule has 38 heavy (non-hydrogen) atoms. The van der Waals surface area contributed by atoms with Crippen molar-refractivity contribution in [1.82, 2.24) is 4.57 Å². The van der Waals surface area contributed by atoms with E-state index in [2.05, 4.69) is 140 Å². The zero-order valence-electron chi connectivity index (χ0n) is 22.4. The third-order valence-corrected chi connectivity index (χ3v) is 16.7. The largest absolute Gasteiger partial charge is 0.309 e. The summed E-state index contributed by atoms with van der Waals surface area (Å²) in [6.07, 6.45) is 0. The van der Waals surface area contributed by atoms with E-state index in [1.54, 1.807) is 37.1 Å². The molecule has 182 valence electrons. The van der Waals surface area contributed by atoms with Gasteiger partial charge in [0.05, 0.1) is 11.0 Å². The zero-order valence-corrected chi connectivity index (χ0v) is 24.4. The number of fused-ring (bicyclic) bond motifs is 7. The predicted molar refractivity (Wildman–Crippen MR) is 172 cm³/mol. The van der Waals surface area contributed by atoms with Crippen molar-refractivity contribution in [3.05, 3.63) is 109 Å². The zero-order chi connectivity index (χ0) is 25.8. The molecule has 0 saturated carbocycles. The van der Waals surface area contributed by atoms with Crippen LogP contribution in [0.2, 0.25) is 26.2 Å². The van der Waals surface area contributed by atoms with Crippen LogP contribution in [-0.2, 0) is 0 Å². The lowest BCUT2D eigenvalue weighted by molar-refractivity contribution is 1.19. The molecule has 0 unspecified atom stereocenters. The average molecular weight is 520 g/mol. The van der Waals surface area contributed by atoms with Gasteiger partial charge in [-0.2, -0.15) is 0 Å². The highest BCUT2D eigenvalue weighted by atomic mass is 28.3. The van der Waals surface area contributed by atoms with Crippen LogP contribution in [0, 0.1) is 0 Å². The normalized spacial score (nSPS) is 16.3. The van der Waals surface area contributed by atoms with Gasteiger partial charge in [0.1, 0.15) is 16.1 Å². The highest BCUT2D eigenvalue weighted by Crippen LogP contribution is 2.32. The van der Waals surface area contributed by atoms with Crippen LogP contribution >= 0.6 is 0 Å². The second-order valence-corrected chi connectivity index (χ2v) is 20.8. The maximum Gasteiger partial charge on any atom is 0.240 e. The van der Waals surface area contributed by atoms with Gasteiger partial charge in [0, 0.05) is 16.5 Å². The molecule has 5 aromatic carbocycles. The first kappa shape index (κ1) is 22.4. The smallest absolute Gasteiger partial charge is 0.240 e. The molecule has 1 aromatic heterocycles. The second-order valence-electron chi connectivity index (χ2n) is 12.2. The summed E-state index contributed by atoms with van der Waals surface area (Å²) in [6.45, 7) is 10.6. The van der Waals surface area contributed by atoms with E-state index in [1.807, 2.05) is 0 Å². The maximum atomic E-state index is 2.59. The molecule has 2 aliphatic heterocycles. The van der Waals surface area contributed by atoms with Gasteiger partial charge < -0.3 is 4.57 Å². The number of aromatic nitrogens is 1. The Balaban J connectivity index is 1.54. The third kappa shape index (κ3) is 2.72. The predicted octanol–water partition coefficient (Wildman–Crippen LogP) is 3.57. The lowest BCUT2D eigenvalue weighted by Gasteiger charge is -2.45. The summed E-state index contributed by atoms with van der Waals surface area (Å²) in [4.78, 5) is 0. The fraction of sp³-hybridized carbons (Fsp3) is 0.118. The summed E-state index contributed by atoms with van der Waals surface area (Å²) in [6, 6.07) is 41.7. The molecule has 1 nitrogen and oxygen atoms in total. The Bertz CT molecular complexity index is 1810. The van der Waals surface area contributed by atoms with Crippen LogP contribution in [0.15, 0.2) is 109 Å². The Morgan fingerprint density at radius 1 is 0.500 bits per heavy atom. The van der Waals surface area contributed by atoms with Crippen LogP contribution in [0.4, 0.5) is 0 Å². The molecule has 0 N–H and O–H groups in total. The Morgan fingerprint density at radius 2 is 0.921 bits per heavy atom. The molecule has 0 radical (unpaired) electrons. The van der Waals surface area contributed by atoms with Gasteiger partial charge in [-0.05, 0) is 24.3 Å². The SMILES string of the molecule is C[Si]1(C)c2ccccc2B2c3ccccc3[Si](C)(C)c3cc(-n4c5ccccc5c5ccccc54)cc1c32. The van der Waals surface area contributed by atoms with Crippen LogP contribution < -0.4 is 37.1 Å². The highest BCUT2D eigenvalue weighted by molar-refractivity contribution is 7.21. The fourth-order valence-electron chi connectivity index (χ4n) is 7.72. The van der Waals surface area contributed by atoms with Crippen molar-refractivity contribution in [1.29, 1.82) is 0 Å². The number of benzene rings is 5. The Hall–Kier alpha value is -3.60. The summed E-state index contributed by atoms with van der Waals surface area (Å²) in [7, 11) is -3.88. The van der Waals surface area contributed by atoms with Crippen LogP contribution in [-0.4, -0.2) is 27.4 Å². The van der Waals surface area contributed by atoms with Gasteiger partial charge in [-0.1, -0.05) is 148 Å². The summed E-state index contributed by atoms with van der Waals surface area (Å²) in [5, 5.41) is 9.11. The summed E-state index contributed by atoms with van der Waals surface area (Å²) in [5.74, 6) is 0. The van der Waals surface area contributed by atoms with Crippen LogP contribution in [0.25, 0.3) is 27.5 Å². The monoisotopic (exact) mass is 519 g/mol. The first-order chi connectivity index (χ1) is 18.4. The molecular formula is C34H30BNSi2. The van der Waals surface area contributed by atoms with E-state index in [1.165, 1.54) is 27.5 Å². The van der Waals surface area contributed by atoms with Gasteiger partial charge >= 0.3 is 0 Å². The van der Waals surface area contributed by atoms with Crippen molar-refractivity contribution in [3.63, 3.8) is 0 Å². The van der Waals surface area contributed by atoms with Gasteiger partial charge in [0.15, 0.2) is 0 Å². The fourth-order valence-corrected chi connectivity index (χ4v) is 14.3. The van der Waals surface area contributed by atoms with Gasteiger partial charge in [-0.25, -0.2) is 0 Å². The Labute approximate surface area is 226 Å². The van der Waals surface area contributed by atoms with Crippen LogP contribution in [0.3, 0.4) is 0 Å². The van der Waals surface area contributed by atoms with E-state index < -0.39 is 16.1 Å². The molecule has 0 aliphatic carbocycles. The van der Waals surface area contributed by atoms with Gasteiger partial charge in [-0.15, -0.1) is 0 Å². The molecule has 8 rings (SSSR count). The second kappa shape index (κ2) is 7.49. The molecular weight excluding hydrogens is 489 g/mol. The first-order valence-electron chi connectivity index (χ1n) is 13.8. The molecule has 2 aliphatic rings.